The first-order valence-corrected chi connectivity index (χ1v) is 10.0. The summed E-state index contributed by atoms with van der Waals surface area (Å²) in [5.74, 6) is -2.51. The number of hydrogen-bond donors (Lipinski definition) is 2. The van der Waals surface area contributed by atoms with E-state index in [1.165, 1.54) is 31.3 Å². The molecule has 0 spiro atoms. The van der Waals surface area contributed by atoms with Gasteiger partial charge in [0, 0.05) is 31.5 Å². The highest BCUT2D eigenvalue weighted by molar-refractivity contribution is 5.91. The number of aromatic nitrogens is 2. The van der Waals surface area contributed by atoms with Gasteiger partial charge in [0.25, 0.3) is 17.1 Å². The van der Waals surface area contributed by atoms with Gasteiger partial charge < -0.3 is 19.4 Å². The predicted octanol–water partition coefficient (Wildman–Crippen LogP) is 1.47. The van der Waals surface area contributed by atoms with E-state index in [9.17, 15) is 32.3 Å². The number of methoxy groups -OCH3 is 1. The Labute approximate surface area is 186 Å². The van der Waals surface area contributed by atoms with Crippen LogP contribution in [-0.2, 0) is 31.2 Å². The van der Waals surface area contributed by atoms with E-state index in [1.54, 1.807) is 0 Å². The molecule has 0 radical (unpaired) electrons. The van der Waals surface area contributed by atoms with Crippen LogP contribution >= 0.6 is 0 Å². The summed E-state index contributed by atoms with van der Waals surface area (Å²) >= 11 is 0. The number of benzene rings is 1. The van der Waals surface area contributed by atoms with Crippen LogP contribution in [-0.4, -0.2) is 47.4 Å². The molecule has 1 heterocycles. The van der Waals surface area contributed by atoms with E-state index in [0.717, 1.165) is 29.9 Å². The number of aryl methyl sites for hydroxylation is 1. The van der Waals surface area contributed by atoms with Gasteiger partial charge >= 0.3 is 17.8 Å². The van der Waals surface area contributed by atoms with Crippen LogP contribution in [0.1, 0.15) is 25.3 Å². The zero-order valence-corrected chi connectivity index (χ0v) is 18.0. The average Bonchev–Trinajstić information content (AvgIpc) is 2.75. The maximum Gasteiger partial charge on any atom is 0.430 e. The minimum atomic E-state index is -5.14. The van der Waals surface area contributed by atoms with E-state index in [0.29, 0.717) is 0 Å². The standard InChI is InChI=1S/C21H24F3N3O6/c1-3-33-17(29)15(10-7-12-27-13-11-16(28)26-19(27)31)25-18(30)20(32-2,21(22,23)24)14-8-5-4-6-9-14/h4-6,8-9,11,13,15H,3,7,10,12H2,1-2H3,(H,25,30)(H,26,28,31)/t15-,20-/m0/s1. The smallest absolute Gasteiger partial charge is 0.430 e. The summed E-state index contributed by atoms with van der Waals surface area (Å²) in [6.45, 7) is 1.49. The largest absolute Gasteiger partial charge is 0.464 e. The monoisotopic (exact) mass is 471 g/mol. The molecule has 0 bridgehead atoms. The van der Waals surface area contributed by atoms with Crippen LogP contribution in [0.5, 0.6) is 0 Å². The van der Waals surface area contributed by atoms with Crippen LogP contribution in [0.15, 0.2) is 52.2 Å². The Kier molecular flexibility index (Phi) is 8.57. The van der Waals surface area contributed by atoms with Crippen molar-refractivity contribution in [3.8, 4) is 0 Å². The number of H-pyrrole nitrogens is 1. The van der Waals surface area contributed by atoms with Crippen molar-refractivity contribution in [2.45, 2.75) is 44.1 Å². The number of nitrogens with one attached hydrogen (secondary N) is 2. The van der Waals surface area contributed by atoms with Gasteiger partial charge in [-0.05, 0) is 19.8 Å². The van der Waals surface area contributed by atoms with Crippen molar-refractivity contribution < 1.29 is 32.2 Å². The van der Waals surface area contributed by atoms with Gasteiger partial charge in [-0.25, -0.2) is 9.59 Å². The first-order chi connectivity index (χ1) is 15.6. The molecule has 2 N–H and O–H groups in total. The van der Waals surface area contributed by atoms with E-state index < -0.39 is 46.5 Å². The van der Waals surface area contributed by atoms with E-state index in [1.807, 2.05) is 0 Å². The highest BCUT2D eigenvalue weighted by Gasteiger charge is 2.63. The first-order valence-electron chi connectivity index (χ1n) is 10.0. The topological polar surface area (TPSA) is 119 Å². The predicted molar refractivity (Wildman–Crippen MR) is 110 cm³/mol. The van der Waals surface area contributed by atoms with Crippen molar-refractivity contribution in [1.29, 1.82) is 0 Å². The number of hydrogen-bond acceptors (Lipinski definition) is 6. The number of nitrogens with zero attached hydrogens (tertiary/aromatic N) is 1. The number of halogens is 3. The number of ether oxygens (including phenoxy) is 2. The highest BCUT2D eigenvalue weighted by Crippen LogP contribution is 2.42. The lowest BCUT2D eigenvalue weighted by Gasteiger charge is -2.34. The molecule has 0 aliphatic carbocycles. The number of carbonyl (C=O) groups is 2. The molecule has 0 unspecified atom stereocenters. The number of alkyl halides is 3. The zero-order valence-electron chi connectivity index (χ0n) is 18.0. The summed E-state index contributed by atoms with van der Waals surface area (Å²) < 4.78 is 53.1. The summed E-state index contributed by atoms with van der Waals surface area (Å²) in [4.78, 5) is 50.3. The summed E-state index contributed by atoms with van der Waals surface area (Å²) in [6, 6.07) is 6.02. The van der Waals surface area contributed by atoms with E-state index in [-0.39, 0.29) is 26.0 Å². The molecule has 180 valence electrons. The number of rotatable bonds is 10. The summed E-state index contributed by atoms with van der Waals surface area (Å²) in [5.41, 5.74) is -5.08. The third-order valence-electron chi connectivity index (χ3n) is 4.87. The van der Waals surface area contributed by atoms with E-state index >= 15 is 0 Å². The van der Waals surface area contributed by atoms with Crippen molar-refractivity contribution in [1.82, 2.24) is 14.9 Å². The normalized spacial score (nSPS) is 14.2. The van der Waals surface area contributed by atoms with E-state index in [4.69, 9.17) is 9.47 Å². The Morgan fingerprint density at radius 2 is 1.82 bits per heavy atom. The quantitative estimate of drug-likeness (QED) is 0.507. The Balaban J connectivity index is 2.28. The van der Waals surface area contributed by atoms with Gasteiger partial charge in [-0.15, -0.1) is 0 Å². The lowest BCUT2D eigenvalue weighted by atomic mass is 9.91. The third kappa shape index (κ3) is 5.89. The molecule has 0 fully saturated rings. The number of aromatic amines is 1. The summed E-state index contributed by atoms with van der Waals surface area (Å²) in [5, 5.41) is 2.10. The molecule has 12 heteroatoms. The summed E-state index contributed by atoms with van der Waals surface area (Å²) in [7, 11) is 0.752. The van der Waals surface area contributed by atoms with E-state index in [2.05, 4.69) is 10.3 Å². The molecule has 1 amide bonds. The third-order valence-corrected chi connectivity index (χ3v) is 4.87. The Morgan fingerprint density at radius 1 is 1.15 bits per heavy atom. The molecule has 0 saturated carbocycles. The van der Waals surface area contributed by atoms with Gasteiger partial charge in [-0.3, -0.25) is 14.6 Å². The Morgan fingerprint density at radius 3 is 2.36 bits per heavy atom. The van der Waals surface area contributed by atoms with Gasteiger partial charge in [-0.1, -0.05) is 30.3 Å². The second-order valence-electron chi connectivity index (χ2n) is 6.97. The van der Waals surface area contributed by atoms with Crippen LogP contribution in [0.4, 0.5) is 13.2 Å². The first kappa shape index (κ1) is 25.8. The molecule has 0 aliphatic heterocycles. The lowest BCUT2D eigenvalue weighted by molar-refractivity contribution is -0.266. The Hall–Kier alpha value is -3.41. The van der Waals surface area contributed by atoms with Crippen LogP contribution in [0.25, 0.3) is 0 Å². The molecule has 2 rings (SSSR count). The fraction of sp³-hybridized carbons (Fsp3) is 0.429. The fourth-order valence-corrected chi connectivity index (χ4v) is 3.26. The average molecular weight is 471 g/mol. The molecule has 0 aliphatic rings. The van der Waals surface area contributed by atoms with Crippen molar-refractivity contribution in [2.24, 2.45) is 0 Å². The SMILES string of the molecule is CCOC(=O)[C@H](CCCn1ccc(=O)[nH]c1=O)NC(=O)[C@@](OC)(c1ccccc1)C(F)(F)F. The van der Waals surface area contributed by atoms with Gasteiger partial charge in [0.2, 0.25) is 0 Å². The molecule has 1 aromatic carbocycles. The number of carbonyl (C=O) groups excluding carboxylic acids is 2. The minimum Gasteiger partial charge on any atom is -0.464 e. The highest BCUT2D eigenvalue weighted by atomic mass is 19.4. The molecule has 33 heavy (non-hydrogen) atoms. The van der Waals surface area contributed by atoms with Crippen LogP contribution in [0.3, 0.4) is 0 Å². The van der Waals surface area contributed by atoms with Crippen LogP contribution in [0.2, 0.25) is 0 Å². The van der Waals surface area contributed by atoms with Gasteiger partial charge in [0.1, 0.15) is 6.04 Å². The number of esters is 1. The van der Waals surface area contributed by atoms with Gasteiger partial charge in [0.15, 0.2) is 0 Å². The van der Waals surface area contributed by atoms with Crippen molar-refractivity contribution in [3.05, 3.63) is 69.0 Å². The molecule has 2 aromatic rings. The van der Waals surface area contributed by atoms with Crippen molar-refractivity contribution in [3.63, 3.8) is 0 Å². The molecular formula is C21H24F3N3O6. The molecule has 9 nitrogen and oxygen atoms in total. The summed E-state index contributed by atoms with van der Waals surface area (Å²) in [6.07, 6.45) is -3.93. The number of amides is 1. The molecule has 1 aromatic heterocycles. The zero-order chi connectivity index (χ0) is 24.6. The molecular weight excluding hydrogens is 447 g/mol. The van der Waals surface area contributed by atoms with Crippen LogP contribution in [0, 0.1) is 0 Å². The van der Waals surface area contributed by atoms with Gasteiger partial charge in [-0.2, -0.15) is 13.2 Å². The molecule has 0 saturated heterocycles. The van der Waals surface area contributed by atoms with Crippen molar-refractivity contribution >= 4 is 11.9 Å². The second-order valence-corrected chi connectivity index (χ2v) is 6.97. The second kappa shape index (κ2) is 10.9. The Bertz CT molecular complexity index is 1070. The lowest BCUT2D eigenvalue weighted by Crippen LogP contribution is -2.58. The maximum absolute atomic E-state index is 14.1. The minimum absolute atomic E-state index is 0.0365. The van der Waals surface area contributed by atoms with Crippen LogP contribution < -0.4 is 16.6 Å². The molecule has 2 atom stereocenters. The van der Waals surface area contributed by atoms with Gasteiger partial charge in [0.05, 0.1) is 6.61 Å². The maximum atomic E-state index is 14.1. The fourth-order valence-electron chi connectivity index (χ4n) is 3.26. The van der Waals surface area contributed by atoms with Crippen molar-refractivity contribution in [2.75, 3.05) is 13.7 Å².